The highest BCUT2D eigenvalue weighted by atomic mass is 32.1. The van der Waals surface area contributed by atoms with Crippen LogP contribution in [0.3, 0.4) is 0 Å². The lowest BCUT2D eigenvalue weighted by molar-refractivity contribution is -0.120. The molecule has 1 amide bonds. The van der Waals surface area contributed by atoms with Crippen LogP contribution < -0.4 is 10.1 Å². The highest BCUT2D eigenvalue weighted by molar-refractivity contribution is 7.12. The molecule has 0 fully saturated rings. The van der Waals surface area contributed by atoms with Gasteiger partial charge < -0.3 is 10.1 Å². The van der Waals surface area contributed by atoms with E-state index in [0.717, 1.165) is 16.5 Å². The number of nitrogens with one attached hydrogen (secondary N) is 1. The molecule has 6 nitrogen and oxygen atoms in total. The predicted molar refractivity (Wildman–Crippen MR) is 117 cm³/mol. The Balaban J connectivity index is 1.33. The van der Waals surface area contributed by atoms with E-state index < -0.39 is 5.82 Å². The summed E-state index contributed by atoms with van der Waals surface area (Å²) in [7, 11) is 0. The number of carbonyl (C=O) groups excluding carboxylic acids is 1. The van der Waals surface area contributed by atoms with Crippen molar-refractivity contribution in [3.05, 3.63) is 88.7 Å². The Morgan fingerprint density at radius 1 is 1.19 bits per heavy atom. The van der Waals surface area contributed by atoms with Crippen molar-refractivity contribution < 1.29 is 13.9 Å². The number of hydrogen-bond acceptors (Lipinski definition) is 5. The van der Waals surface area contributed by atoms with Crippen molar-refractivity contribution in [1.82, 2.24) is 19.9 Å². The van der Waals surface area contributed by atoms with Gasteiger partial charge in [0.05, 0.1) is 18.3 Å². The zero-order valence-corrected chi connectivity index (χ0v) is 17.9. The Labute approximate surface area is 183 Å². The molecular formula is C23H21FN4O2S. The number of pyridine rings is 1. The van der Waals surface area contributed by atoms with Crippen LogP contribution in [0.4, 0.5) is 4.39 Å². The molecule has 3 aromatic heterocycles. The number of hydrogen-bond donors (Lipinski definition) is 1. The van der Waals surface area contributed by atoms with Crippen LogP contribution in [-0.2, 0) is 17.8 Å². The van der Waals surface area contributed by atoms with E-state index >= 15 is 0 Å². The van der Waals surface area contributed by atoms with Gasteiger partial charge in [-0.05, 0) is 55.8 Å². The van der Waals surface area contributed by atoms with Gasteiger partial charge in [-0.2, -0.15) is 0 Å². The molecule has 1 N–H and O–H groups in total. The van der Waals surface area contributed by atoms with Gasteiger partial charge in [0, 0.05) is 29.5 Å². The van der Waals surface area contributed by atoms with Gasteiger partial charge in [-0.3, -0.25) is 14.3 Å². The fraction of sp³-hybridized carbons (Fsp3) is 0.174. The van der Waals surface area contributed by atoms with Gasteiger partial charge in [0.25, 0.3) is 0 Å². The topological polar surface area (TPSA) is 69.0 Å². The number of aromatic nitrogens is 3. The molecule has 1 aromatic carbocycles. The number of aryl methyl sites for hydroxylation is 2. The molecule has 0 radical (unpaired) electrons. The van der Waals surface area contributed by atoms with Crippen molar-refractivity contribution in [2.24, 2.45) is 0 Å². The van der Waals surface area contributed by atoms with Crippen molar-refractivity contribution in [1.29, 1.82) is 0 Å². The summed E-state index contributed by atoms with van der Waals surface area (Å²) in [6, 6.07) is 12.1. The Kier molecular flexibility index (Phi) is 6.08. The Hall–Kier alpha value is -3.52. The van der Waals surface area contributed by atoms with Crippen molar-refractivity contribution in [2.75, 3.05) is 0 Å². The summed E-state index contributed by atoms with van der Waals surface area (Å²) in [5.74, 6) is -0.116. The van der Waals surface area contributed by atoms with Crippen LogP contribution in [0.2, 0.25) is 0 Å². The van der Waals surface area contributed by atoms with Crippen LogP contribution >= 0.6 is 11.3 Å². The second-order valence-corrected chi connectivity index (χ2v) is 7.92. The summed E-state index contributed by atoms with van der Waals surface area (Å²) in [6.45, 7) is 4.26. The van der Waals surface area contributed by atoms with Gasteiger partial charge in [-0.15, -0.1) is 11.3 Å². The van der Waals surface area contributed by atoms with Crippen LogP contribution in [0, 0.1) is 19.7 Å². The minimum absolute atomic E-state index is 0.105. The molecular weight excluding hydrogens is 415 g/mol. The van der Waals surface area contributed by atoms with Crippen LogP contribution in [0.1, 0.15) is 22.6 Å². The average Bonchev–Trinajstić information content (AvgIpc) is 3.34. The lowest BCUT2D eigenvalue weighted by Crippen LogP contribution is -2.24. The first kappa shape index (κ1) is 20.7. The van der Waals surface area contributed by atoms with Crippen molar-refractivity contribution in [3.8, 4) is 16.6 Å². The van der Waals surface area contributed by atoms with E-state index in [9.17, 15) is 9.18 Å². The molecule has 8 heteroatoms. The standard InChI is InChI=1S/C23H21FN4O2S/c1-15-5-6-16(2)28(15)23-27-18(14-31-23)11-22(29)26-12-17-7-8-21(20(24)10-17)30-19-4-3-9-25-13-19/h3-10,13-14H,11-12H2,1-2H3,(H,26,29). The van der Waals surface area contributed by atoms with Gasteiger partial charge in [0.2, 0.25) is 5.91 Å². The van der Waals surface area contributed by atoms with Gasteiger partial charge in [0.1, 0.15) is 5.75 Å². The first-order valence-electron chi connectivity index (χ1n) is 9.72. The number of amides is 1. The molecule has 158 valence electrons. The number of nitrogens with zero attached hydrogens (tertiary/aromatic N) is 3. The molecule has 3 heterocycles. The third-order valence-corrected chi connectivity index (χ3v) is 5.57. The van der Waals surface area contributed by atoms with Crippen molar-refractivity contribution in [2.45, 2.75) is 26.8 Å². The summed E-state index contributed by atoms with van der Waals surface area (Å²) in [6.07, 6.45) is 3.29. The number of rotatable bonds is 7. The fourth-order valence-corrected chi connectivity index (χ4v) is 4.09. The SMILES string of the molecule is Cc1ccc(C)n1-c1nc(CC(=O)NCc2ccc(Oc3cccnc3)c(F)c2)cs1. The molecule has 0 aliphatic heterocycles. The van der Waals surface area contributed by atoms with E-state index in [2.05, 4.69) is 19.9 Å². The normalized spacial score (nSPS) is 10.8. The van der Waals surface area contributed by atoms with Crippen LogP contribution in [0.25, 0.3) is 5.13 Å². The molecule has 4 aromatic rings. The molecule has 4 rings (SSSR count). The molecule has 31 heavy (non-hydrogen) atoms. The molecule has 0 aliphatic rings. The molecule has 0 saturated carbocycles. The fourth-order valence-electron chi connectivity index (χ4n) is 3.15. The predicted octanol–water partition coefficient (Wildman–Crippen LogP) is 4.74. The zero-order valence-electron chi connectivity index (χ0n) is 17.1. The van der Waals surface area contributed by atoms with E-state index in [1.165, 1.54) is 29.7 Å². The minimum Gasteiger partial charge on any atom is -0.453 e. The van der Waals surface area contributed by atoms with Gasteiger partial charge in [0.15, 0.2) is 16.7 Å². The maximum atomic E-state index is 14.3. The zero-order chi connectivity index (χ0) is 21.8. The van der Waals surface area contributed by atoms with Crippen LogP contribution in [-0.4, -0.2) is 20.4 Å². The Bertz CT molecular complexity index is 1180. The largest absolute Gasteiger partial charge is 0.453 e. The summed E-state index contributed by atoms with van der Waals surface area (Å²) in [5.41, 5.74) is 3.54. The minimum atomic E-state index is -0.503. The first-order valence-corrected chi connectivity index (χ1v) is 10.6. The second kappa shape index (κ2) is 9.09. The van der Waals surface area contributed by atoms with E-state index in [0.29, 0.717) is 17.0 Å². The number of thiazole rings is 1. The smallest absolute Gasteiger partial charge is 0.226 e. The third kappa shape index (κ3) is 4.97. The number of ether oxygens (including phenoxy) is 1. The van der Waals surface area contributed by atoms with Crippen molar-refractivity contribution >= 4 is 17.2 Å². The second-order valence-electron chi connectivity index (χ2n) is 7.08. The Morgan fingerprint density at radius 3 is 2.71 bits per heavy atom. The van der Waals surface area contributed by atoms with Crippen LogP contribution in [0.5, 0.6) is 11.5 Å². The molecule has 0 saturated heterocycles. The van der Waals surface area contributed by atoms with Gasteiger partial charge in [-0.25, -0.2) is 9.37 Å². The Morgan fingerprint density at radius 2 is 2.00 bits per heavy atom. The van der Waals surface area contributed by atoms with E-state index in [4.69, 9.17) is 4.74 Å². The summed E-state index contributed by atoms with van der Waals surface area (Å²) in [5, 5.41) is 5.54. The summed E-state index contributed by atoms with van der Waals surface area (Å²) in [4.78, 5) is 20.8. The maximum absolute atomic E-state index is 14.3. The third-order valence-electron chi connectivity index (χ3n) is 4.69. The molecule has 0 aliphatic carbocycles. The molecule has 0 unspecified atom stereocenters. The molecule has 0 bridgehead atoms. The highest BCUT2D eigenvalue weighted by Gasteiger charge is 2.12. The maximum Gasteiger partial charge on any atom is 0.226 e. The quantitative estimate of drug-likeness (QED) is 0.455. The first-order chi connectivity index (χ1) is 15.0. The van der Waals surface area contributed by atoms with E-state index in [-0.39, 0.29) is 24.6 Å². The summed E-state index contributed by atoms with van der Waals surface area (Å²) < 4.78 is 21.9. The molecule has 0 spiro atoms. The lowest BCUT2D eigenvalue weighted by Gasteiger charge is -2.09. The highest BCUT2D eigenvalue weighted by Crippen LogP contribution is 2.24. The number of benzene rings is 1. The average molecular weight is 437 g/mol. The molecule has 0 atom stereocenters. The van der Waals surface area contributed by atoms with Crippen LogP contribution in [0.15, 0.2) is 60.2 Å². The monoisotopic (exact) mass is 436 g/mol. The van der Waals surface area contributed by atoms with Crippen molar-refractivity contribution in [3.63, 3.8) is 0 Å². The van der Waals surface area contributed by atoms with Gasteiger partial charge >= 0.3 is 0 Å². The lowest BCUT2D eigenvalue weighted by atomic mass is 10.2. The van der Waals surface area contributed by atoms with Gasteiger partial charge in [-0.1, -0.05) is 6.07 Å². The number of halogens is 1. The summed E-state index contributed by atoms with van der Waals surface area (Å²) >= 11 is 1.50. The van der Waals surface area contributed by atoms with E-state index in [1.54, 1.807) is 24.4 Å². The van der Waals surface area contributed by atoms with E-state index in [1.807, 2.05) is 31.4 Å². The number of carbonyl (C=O) groups is 1.